The number of amides is 1. The van der Waals surface area contributed by atoms with E-state index in [4.69, 9.17) is 10.5 Å². The van der Waals surface area contributed by atoms with Gasteiger partial charge in [0.05, 0.1) is 37.5 Å². The van der Waals surface area contributed by atoms with E-state index in [0.717, 1.165) is 45.3 Å². The molecule has 4 rings (SSSR count). The first-order valence-electron chi connectivity index (χ1n) is 12.1. The van der Waals surface area contributed by atoms with Gasteiger partial charge in [0, 0.05) is 45.3 Å². The molecule has 4 N–H and O–H groups in total. The lowest BCUT2D eigenvalue weighted by Crippen LogP contribution is -2.62. The number of nitroso groups, excluding NO2 is 1. The van der Waals surface area contributed by atoms with E-state index >= 15 is 0 Å². The molecular weight excluding hydrogens is 462 g/mol. The number of nitrogens with one attached hydrogen (secondary N) is 2. The molecule has 4 heterocycles. The quantitative estimate of drug-likeness (QED) is 0.458. The van der Waals surface area contributed by atoms with E-state index in [-0.39, 0.29) is 24.5 Å². The molecule has 1 amide bonds. The van der Waals surface area contributed by atoms with Crippen LogP contribution < -0.4 is 21.3 Å². The summed E-state index contributed by atoms with van der Waals surface area (Å²) in [5.41, 5.74) is 6.34. The molecule has 0 saturated carbocycles. The molecule has 3 fully saturated rings. The van der Waals surface area contributed by atoms with Crippen molar-refractivity contribution in [2.24, 2.45) is 16.8 Å². The summed E-state index contributed by atoms with van der Waals surface area (Å²) < 4.78 is 34.2. The lowest BCUT2D eigenvalue weighted by Gasteiger charge is -2.41. The van der Waals surface area contributed by atoms with Crippen molar-refractivity contribution >= 4 is 17.3 Å². The highest BCUT2D eigenvalue weighted by atomic mass is 19.1. The first-order valence-corrected chi connectivity index (χ1v) is 12.1. The summed E-state index contributed by atoms with van der Waals surface area (Å²) in [6, 6.07) is 0.409. The van der Waals surface area contributed by atoms with Crippen molar-refractivity contribution in [2.75, 3.05) is 69.7 Å². The Balaban J connectivity index is 1.48. The average molecular weight is 497 g/mol. The maximum absolute atomic E-state index is 15.0. The zero-order valence-corrected chi connectivity index (χ0v) is 19.9. The number of carbonyl (C=O) groups is 1. The number of nitrogens with zero attached hydrogens (tertiary/aromatic N) is 5. The Hall–Kier alpha value is -2.32. The molecule has 4 atom stereocenters. The predicted molar refractivity (Wildman–Crippen MR) is 127 cm³/mol. The summed E-state index contributed by atoms with van der Waals surface area (Å²) in [7, 11) is 1.63. The van der Waals surface area contributed by atoms with Crippen LogP contribution in [-0.4, -0.2) is 105 Å². The number of anilines is 2. The normalized spacial score (nSPS) is 26.8. The second-order valence-corrected chi connectivity index (χ2v) is 9.39. The van der Waals surface area contributed by atoms with Gasteiger partial charge in [-0.05, 0) is 19.9 Å². The number of piperidine rings is 1. The molecule has 3 aliphatic heterocycles. The Kier molecular flexibility index (Phi) is 8.55. The summed E-state index contributed by atoms with van der Waals surface area (Å²) in [6.07, 6.45) is 1.03. The molecule has 0 radical (unpaired) electrons. The maximum Gasteiger partial charge on any atom is 0.234 e. The van der Waals surface area contributed by atoms with E-state index in [1.54, 1.807) is 11.9 Å². The average Bonchev–Trinajstić information content (AvgIpc) is 2.86. The van der Waals surface area contributed by atoms with Crippen LogP contribution in [0.4, 0.5) is 20.2 Å². The van der Waals surface area contributed by atoms with Crippen LogP contribution in [0.3, 0.4) is 0 Å². The van der Waals surface area contributed by atoms with Gasteiger partial charge in [-0.3, -0.25) is 24.9 Å². The number of carbonyl (C=O) groups excluding carboxylic acids is 1. The molecule has 0 spiro atoms. The van der Waals surface area contributed by atoms with Crippen LogP contribution >= 0.6 is 0 Å². The Morgan fingerprint density at radius 3 is 2.66 bits per heavy atom. The molecular formula is C22H34F2N8O3. The van der Waals surface area contributed by atoms with E-state index in [0.29, 0.717) is 19.1 Å². The smallest absolute Gasteiger partial charge is 0.234 e. The van der Waals surface area contributed by atoms with Crippen LogP contribution in [0, 0.1) is 16.6 Å². The molecule has 0 aromatic carbocycles. The minimum Gasteiger partial charge on any atom is -0.379 e. The first kappa shape index (κ1) is 25.8. The molecule has 35 heavy (non-hydrogen) atoms. The SMILES string of the molecule is CN1CC(F)CNC1C(C(=O)Nc1cncc(F)c1N1CCC(N2CCOCC2)CC1)C(N)N=O. The number of alkyl halides is 1. The molecule has 4 unspecified atom stereocenters. The van der Waals surface area contributed by atoms with Crippen molar-refractivity contribution < 1.29 is 18.3 Å². The Bertz CT molecular complexity index is 882. The Labute approximate surface area is 203 Å². The molecule has 3 saturated heterocycles. The number of hydrogen-bond acceptors (Lipinski definition) is 10. The summed E-state index contributed by atoms with van der Waals surface area (Å²) in [5.74, 6) is -2.28. The monoisotopic (exact) mass is 496 g/mol. The van der Waals surface area contributed by atoms with Crippen LogP contribution in [0.2, 0.25) is 0 Å². The van der Waals surface area contributed by atoms with Crippen LogP contribution in [0.15, 0.2) is 17.6 Å². The van der Waals surface area contributed by atoms with E-state index in [1.165, 1.54) is 6.20 Å². The zero-order chi connectivity index (χ0) is 24.9. The van der Waals surface area contributed by atoms with Crippen LogP contribution in [0.5, 0.6) is 0 Å². The highest BCUT2D eigenvalue weighted by Gasteiger charge is 2.40. The van der Waals surface area contributed by atoms with E-state index in [1.807, 2.05) is 4.90 Å². The van der Waals surface area contributed by atoms with Gasteiger partial charge in [-0.2, -0.15) is 0 Å². The van der Waals surface area contributed by atoms with Gasteiger partial charge in [0.2, 0.25) is 5.91 Å². The molecule has 0 bridgehead atoms. The van der Waals surface area contributed by atoms with E-state index < -0.39 is 36.1 Å². The van der Waals surface area contributed by atoms with Crippen molar-refractivity contribution in [2.45, 2.75) is 37.4 Å². The summed E-state index contributed by atoms with van der Waals surface area (Å²) in [5, 5.41) is 8.50. The van der Waals surface area contributed by atoms with Gasteiger partial charge in [0.25, 0.3) is 0 Å². The van der Waals surface area contributed by atoms with Crippen LogP contribution in [-0.2, 0) is 9.53 Å². The zero-order valence-electron chi connectivity index (χ0n) is 19.9. The summed E-state index contributed by atoms with van der Waals surface area (Å²) in [6.45, 7) is 4.60. The second-order valence-electron chi connectivity index (χ2n) is 9.39. The third-order valence-corrected chi connectivity index (χ3v) is 7.12. The van der Waals surface area contributed by atoms with Gasteiger partial charge < -0.3 is 20.7 Å². The molecule has 1 aromatic rings. The minimum absolute atomic E-state index is 0.0230. The molecule has 3 aliphatic rings. The number of nitrogens with two attached hydrogens (primary N) is 1. The van der Waals surface area contributed by atoms with Crippen LogP contribution in [0.1, 0.15) is 12.8 Å². The lowest BCUT2D eigenvalue weighted by molar-refractivity contribution is -0.124. The van der Waals surface area contributed by atoms with Gasteiger partial charge >= 0.3 is 0 Å². The third-order valence-electron chi connectivity index (χ3n) is 7.12. The fraction of sp³-hybridized carbons (Fsp3) is 0.727. The fourth-order valence-corrected chi connectivity index (χ4v) is 5.30. The first-order chi connectivity index (χ1) is 16.9. The third kappa shape index (κ3) is 5.92. The van der Waals surface area contributed by atoms with Crippen molar-refractivity contribution in [1.82, 2.24) is 20.1 Å². The molecule has 1 aromatic heterocycles. The Morgan fingerprint density at radius 2 is 2.00 bits per heavy atom. The van der Waals surface area contributed by atoms with Crippen molar-refractivity contribution in [3.63, 3.8) is 0 Å². The lowest BCUT2D eigenvalue weighted by atomic mass is 9.98. The number of aromatic nitrogens is 1. The standard InChI is InChI=1S/C22H34F2N8O3/c1-30-13-14(23)10-27-21(30)18(20(25)29-34)22(33)28-17-12-26-11-16(24)19(17)32-4-2-15(3-5-32)31-6-8-35-9-7-31/h11-12,14-15,18,20-21,27H,2-10,13,25H2,1H3,(H,28,33). The van der Waals surface area contributed by atoms with E-state index in [2.05, 4.69) is 25.7 Å². The van der Waals surface area contributed by atoms with Gasteiger partial charge in [-0.15, -0.1) is 4.91 Å². The number of pyridine rings is 1. The molecule has 194 valence electrons. The Morgan fingerprint density at radius 1 is 1.29 bits per heavy atom. The highest BCUT2D eigenvalue weighted by Crippen LogP contribution is 2.32. The number of morpholine rings is 1. The fourth-order valence-electron chi connectivity index (χ4n) is 5.30. The number of halogens is 2. The van der Waals surface area contributed by atoms with Gasteiger partial charge in [0.15, 0.2) is 12.0 Å². The predicted octanol–water partition coefficient (Wildman–Crippen LogP) is 0.327. The largest absolute Gasteiger partial charge is 0.379 e. The molecule has 13 heteroatoms. The van der Waals surface area contributed by atoms with Gasteiger partial charge in [-0.1, -0.05) is 5.18 Å². The number of rotatable bonds is 7. The topological polar surface area (TPSA) is 128 Å². The van der Waals surface area contributed by atoms with Gasteiger partial charge in [-0.25, -0.2) is 8.78 Å². The van der Waals surface area contributed by atoms with E-state index in [9.17, 15) is 18.5 Å². The highest BCUT2D eigenvalue weighted by molar-refractivity contribution is 5.96. The summed E-state index contributed by atoms with van der Waals surface area (Å²) >= 11 is 0. The second kappa shape index (κ2) is 11.6. The molecule has 11 nitrogen and oxygen atoms in total. The van der Waals surface area contributed by atoms with Crippen LogP contribution in [0.25, 0.3) is 0 Å². The van der Waals surface area contributed by atoms with Crippen molar-refractivity contribution in [3.05, 3.63) is 23.1 Å². The number of ether oxygens (including phenoxy) is 1. The van der Waals surface area contributed by atoms with Crippen molar-refractivity contribution in [3.8, 4) is 0 Å². The summed E-state index contributed by atoms with van der Waals surface area (Å²) in [4.78, 5) is 34.4. The number of hydrogen-bond donors (Lipinski definition) is 3. The minimum atomic E-state index is -1.37. The van der Waals surface area contributed by atoms with Crippen molar-refractivity contribution in [1.29, 1.82) is 0 Å². The maximum atomic E-state index is 15.0. The van der Waals surface area contributed by atoms with Gasteiger partial charge in [0.1, 0.15) is 17.8 Å². The molecule has 0 aliphatic carbocycles.